The molecule has 0 aliphatic rings. The van der Waals surface area contributed by atoms with Crippen LogP contribution in [0.4, 0.5) is 0 Å². The standard InChI is InChI=1S/C18H20N2O3S/c1-4-15-17(12-5-7-14(8-6-12)23-11(2)3)19-18-20(15)13(10-24-18)9-16(21)22/h5-8,10-11H,4,9H2,1-3H3,(H,21,22). The molecular formula is C18H20N2O3S. The van der Waals surface area contributed by atoms with Gasteiger partial charge in [0, 0.05) is 16.6 Å². The lowest BCUT2D eigenvalue weighted by molar-refractivity contribution is -0.136. The molecule has 6 heteroatoms. The van der Waals surface area contributed by atoms with Crippen molar-refractivity contribution in [2.75, 3.05) is 0 Å². The summed E-state index contributed by atoms with van der Waals surface area (Å²) in [5.74, 6) is 0.00146. The zero-order chi connectivity index (χ0) is 17.3. The van der Waals surface area contributed by atoms with E-state index in [1.165, 1.54) is 11.3 Å². The monoisotopic (exact) mass is 344 g/mol. The van der Waals surface area contributed by atoms with Gasteiger partial charge in [-0.15, -0.1) is 11.3 Å². The Hall–Kier alpha value is -2.34. The van der Waals surface area contributed by atoms with Crippen molar-refractivity contribution >= 4 is 22.3 Å². The van der Waals surface area contributed by atoms with E-state index < -0.39 is 5.97 Å². The van der Waals surface area contributed by atoms with Gasteiger partial charge in [-0.25, -0.2) is 4.98 Å². The molecule has 126 valence electrons. The number of hydrogen-bond acceptors (Lipinski definition) is 4. The van der Waals surface area contributed by atoms with Crippen molar-refractivity contribution in [2.24, 2.45) is 0 Å². The topological polar surface area (TPSA) is 63.8 Å². The fraction of sp³-hybridized carbons (Fsp3) is 0.333. The van der Waals surface area contributed by atoms with Gasteiger partial charge in [0.05, 0.1) is 23.9 Å². The predicted octanol–water partition coefficient (Wildman–Crippen LogP) is 4.04. The van der Waals surface area contributed by atoms with E-state index in [4.69, 9.17) is 14.8 Å². The number of benzene rings is 1. The lowest BCUT2D eigenvalue weighted by Gasteiger charge is -2.10. The highest BCUT2D eigenvalue weighted by Crippen LogP contribution is 2.30. The first-order valence-corrected chi connectivity index (χ1v) is 8.84. The van der Waals surface area contributed by atoms with Gasteiger partial charge < -0.3 is 9.84 Å². The molecule has 0 radical (unpaired) electrons. The van der Waals surface area contributed by atoms with Gasteiger partial charge >= 0.3 is 5.97 Å². The molecule has 24 heavy (non-hydrogen) atoms. The number of fused-ring (bicyclic) bond motifs is 1. The molecule has 1 aromatic carbocycles. The van der Waals surface area contributed by atoms with Gasteiger partial charge in [-0.3, -0.25) is 9.20 Å². The smallest absolute Gasteiger partial charge is 0.309 e. The third-order valence-electron chi connectivity index (χ3n) is 3.70. The van der Waals surface area contributed by atoms with Crippen LogP contribution in [0.2, 0.25) is 0 Å². The molecule has 0 bridgehead atoms. The lowest BCUT2D eigenvalue weighted by Crippen LogP contribution is -2.05. The number of carboxylic acids is 1. The maximum Gasteiger partial charge on any atom is 0.309 e. The third kappa shape index (κ3) is 3.14. The predicted molar refractivity (Wildman–Crippen MR) is 95.0 cm³/mol. The normalized spacial score (nSPS) is 11.3. The Labute approximate surface area is 144 Å². The van der Waals surface area contributed by atoms with Crippen molar-refractivity contribution in [1.82, 2.24) is 9.38 Å². The fourth-order valence-electron chi connectivity index (χ4n) is 2.78. The first-order chi connectivity index (χ1) is 11.5. The van der Waals surface area contributed by atoms with Gasteiger partial charge in [-0.05, 0) is 44.5 Å². The first-order valence-electron chi connectivity index (χ1n) is 7.96. The minimum Gasteiger partial charge on any atom is -0.491 e. The number of carboxylic acid groups (broad SMARTS) is 1. The molecule has 0 saturated heterocycles. The summed E-state index contributed by atoms with van der Waals surface area (Å²) in [6.45, 7) is 6.05. The van der Waals surface area contributed by atoms with E-state index in [1.54, 1.807) is 0 Å². The molecule has 2 aromatic heterocycles. The van der Waals surface area contributed by atoms with Crippen LogP contribution in [0.5, 0.6) is 5.75 Å². The minimum absolute atomic E-state index is 0.00393. The SMILES string of the molecule is CCc1c(-c2ccc(OC(C)C)cc2)nc2scc(CC(=O)O)n12. The summed E-state index contributed by atoms with van der Waals surface area (Å²) in [6.07, 6.45) is 0.923. The second-order valence-corrected chi connectivity index (χ2v) is 6.70. The van der Waals surface area contributed by atoms with Crippen LogP contribution < -0.4 is 4.74 Å². The summed E-state index contributed by atoms with van der Waals surface area (Å²) in [6, 6.07) is 7.89. The molecule has 0 aliphatic carbocycles. The van der Waals surface area contributed by atoms with Crippen molar-refractivity contribution in [3.8, 4) is 17.0 Å². The molecule has 0 amide bonds. The summed E-state index contributed by atoms with van der Waals surface area (Å²) in [7, 11) is 0. The summed E-state index contributed by atoms with van der Waals surface area (Å²) < 4.78 is 7.66. The van der Waals surface area contributed by atoms with Crippen molar-refractivity contribution in [1.29, 1.82) is 0 Å². The molecule has 1 N–H and O–H groups in total. The Morgan fingerprint density at radius 2 is 2.04 bits per heavy atom. The highest BCUT2D eigenvalue weighted by atomic mass is 32.1. The van der Waals surface area contributed by atoms with Crippen molar-refractivity contribution in [3.63, 3.8) is 0 Å². The van der Waals surface area contributed by atoms with Crippen molar-refractivity contribution in [3.05, 3.63) is 41.0 Å². The Kier molecular flexibility index (Phi) is 4.57. The van der Waals surface area contributed by atoms with Crippen molar-refractivity contribution in [2.45, 2.75) is 39.7 Å². The third-order valence-corrected chi connectivity index (χ3v) is 4.57. The number of rotatable bonds is 6. The van der Waals surface area contributed by atoms with E-state index in [0.29, 0.717) is 0 Å². The van der Waals surface area contributed by atoms with E-state index in [9.17, 15) is 4.79 Å². The summed E-state index contributed by atoms with van der Waals surface area (Å²) in [5.41, 5.74) is 3.74. The number of aromatic nitrogens is 2. The number of thiazole rings is 1. The van der Waals surface area contributed by atoms with Gasteiger partial charge in [0.1, 0.15) is 5.75 Å². The molecule has 3 rings (SSSR count). The van der Waals surface area contributed by atoms with Crippen LogP contribution in [0.1, 0.15) is 32.2 Å². The van der Waals surface area contributed by atoms with Crippen molar-refractivity contribution < 1.29 is 14.6 Å². The lowest BCUT2D eigenvalue weighted by atomic mass is 10.1. The molecule has 0 saturated carbocycles. The maximum absolute atomic E-state index is 11.1. The van der Waals surface area contributed by atoms with Crippen LogP contribution in [0.15, 0.2) is 29.6 Å². The fourth-order valence-corrected chi connectivity index (χ4v) is 3.68. The molecule has 5 nitrogen and oxygen atoms in total. The Morgan fingerprint density at radius 3 is 2.62 bits per heavy atom. The van der Waals surface area contributed by atoms with Gasteiger partial charge in [-0.1, -0.05) is 6.92 Å². The molecular weight excluding hydrogens is 324 g/mol. The summed E-state index contributed by atoms with van der Waals surface area (Å²) in [5, 5.41) is 11.0. The number of imidazole rings is 1. The Morgan fingerprint density at radius 1 is 1.33 bits per heavy atom. The number of aliphatic carboxylic acids is 1. The minimum atomic E-state index is -0.831. The van der Waals surface area contributed by atoms with E-state index >= 15 is 0 Å². The number of carbonyl (C=O) groups is 1. The van der Waals surface area contributed by atoms with E-state index in [0.717, 1.165) is 39.8 Å². The molecule has 2 heterocycles. The van der Waals surface area contributed by atoms with Gasteiger partial charge in [-0.2, -0.15) is 0 Å². The molecule has 3 aromatic rings. The number of hydrogen-bond donors (Lipinski definition) is 1. The second kappa shape index (κ2) is 6.65. The van der Waals surface area contributed by atoms with Gasteiger partial charge in [0.2, 0.25) is 0 Å². The number of ether oxygens (including phenoxy) is 1. The summed E-state index contributed by atoms with van der Waals surface area (Å²) >= 11 is 1.48. The highest BCUT2D eigenvalue weighted by molar-refractivity contribution is 7.15. The van der Waals surface area contributed by atoms with E-state index in [2.05, 4.69) is 6.92 Å². The quantitative estimate of drug-likeness (QED) is 0.733. The van der Waals surface area contributed by atoms with E-state index in [-0.39, 0.29) is 12.5 Å². The number of nitrogens with zero attached hydrogens (tertiary/aromatic N) is 2. The van der Waals surface area contributed by atoms with Crippen LogP contribution in [0, 0.1) is 0 Å². The maximum atomic E-state index is 11.1. The Balaban J connectivity index is 2.03. The molecule has 0 fully saturated rings. The van der Waals surface area contributed by atoms with Gasteiger partial charge in [0.25, 0.3) is 0 Å². The van der Waals surface area contributed by atoms with Crippen LogP contribution in [-0.2, 0) is 17.6 Å². The highest BCUT2D eigenvalue weighted by Gasteiger charge is 2.18. The van der Waals surface area contributed by atoms with Gasteiger partial charge in [0.15, 0.2) is 4.96 Å². The van der Waals surface area contributed by atoms with Crippen LogP contribution in [0.3, 0.4) is 0 Å². The van der Waals surface area contributed by atoms with E-state index in [1.807, 2.05) is 47.9 Å². The zero-order valence-corrected chi connectivity index (χ0v) is 14.8. The average molecular weight is 344 g/mol. The van der Waals surface area contributed by atoms with Crippen LogP contribution >= 0.6 is 11.3 Å². The second-order valence-electron chi connectivity index (χ2n) is 5.87. The molecule has 0 atom stereocenters. The molecule has 0 unspecified atom stereocenters. The molecule has 0 aliphatic heterocycles. The van der Waals surface area contributed by atoms with Crippen LogP contribution in [0.25, 0.3) is 16.2 Å². The first kappa shape index (κ1) is 16.5. The Bertz CT molecular complexity index is 862. The number of aryl methyl sites for hydroxylation is 1. The largest absolute Gasteiger partial charge is 0.491 e. The average Bonchev–Trinajstić information content (AvgIpc) is 3.07. The van der Waals surface area contributed by atoms with Crippen LogP contribution in [-0.4, -0.2) is 26.6 Å². The molecule has 0 spiro atoms. The summed E-state index contributed by atoms with van der Waals surface area (Å²) in [4.78, 5) is 16.6. The zero-order valence-electron chi connectivity index (χ0n) is 13.9.